The van der Waals surface area contributed by atoms with Crippen LogP contribution in [-0.4, -0.2) is 44.3 Å². The van der Waals surface area contributed by atoms with Gasteiger partial charge < -0.3 is 14.8 Å². The van der Waals surface area contributed by atoms with Gasteiger partial charge in [0.1, 0.15) is 0 Å². The van der Waals surface area contributed by atoms with Crippen molar-refractivity contribution < 1.29 is 9.47 Å². The number of nitrogens with zero attached hydrogens (tertiary/aromatic N) is 1. The first-order valence-corrected chi connectivity index (χ1v) is 7.33. The van der Waals surface area contributed by atoms with E-state index in [-0.39, 0.29) is 0 Å². The molecular weight excluding hydrogens is 252 g/mol. The number of para-hydroxylation sites is 1. The lowest BCUT2D eigenvalue weighted by molar-refractivity contribution is 0.268. The summed E-state index contributed by atoms with van der Waals surface area (Å²) in [5.41, 5.74) is 1.15. The first kappa shape index (κ1) is 15.1. The standard InChI is InChI=1S/C16H26N2O2/c1-12(2)18-9-8-14(11-18)17-10-13-6-5-7-15(19-3)16(13)20-4/h5-7,12,14,17H,8-11H2,1-4H3. The first-order chi connectivity index (χ1) is 9.65. The number of hydrogen-bond acceptors (Lipinski definition) is 4. The summed E-state index contributed by atoms with van der Waals surface area (Å²) in [6.07, 6.45) is 1.21. The van der Waals surface area contributed by atoms with Crippen LogP contribution >= 0.6 is 0 Å². The molecular formula is C16H26N2O2. The van der Waals surface area contributed by atoms with Crippen molar-refractivity contribution in [1.82, 2.24) is 10.2 Å². The Balaban J connectivity index is 1.95. The molecule has 1 saturated heterocycles. The van der Waals surface area contributed by atoms with Crippen molar-refractivity contribution in [1.29, 1.82) is 0 Å². The number of benzene rings is 1. The van der Waals surface area contributed by atoms with Gasteiger partial charge in [0.2, 0.25) is 0 Å². The molecule has 0 amide bonds. The Bertz CT molecular complexity index is 434. The minimum Gasteiger partial charge on any atom is -0.493 e. The van der Waals surface area contributed by atoms with Gasteiger partial charge in [0.25, 0.3) is 0 Å². The molecule has 1 fully saturated rings. The maximum Gasteiger partial charge on any atom is 0.165 e. The van der Waals surface area contributed by atoms with Gasteiger partial charge in [-0.1, -0.05) is 12.1 Å². The summed E-state index contributed by atoms with van der Waals surface area (Å²) < 4.78 is 10.8. The molecule has 1 aromatic rings. The summed E-state index contributed by atoms with van der Waals surface area (Å²) in [6.45, 7) is 7.65. The zero-order valence-corrected chi connectivity index (χ0v) is 13.0. The molecule has 1 unspecified atom stereocenters. The largest absolute Gasteiger partial charge is 0.493 e. The third kappa shape index (κ3) is 3.44. The minimum absolute atomic E-state index is 0.563. The third-order valence-electron chi connectivity index (χ3n) is 4.02. The molecule has 0 spiro atoms. The topological polar surface area (TPSA) is 33.7 Å². The van der Waals surface area contributed by atoms with Crippen LogP contribution in [0.3, 0.4) is 0 Å². The SMILES string of the molecule is COc1cccc(CNC2CCN(C(C)C)C2)c1OC. The molecule has 0 saturated carbocycles. The maximum absolute atomic E-state index is 5.47. The van der Waals surface area contributed by atoms with Crippen LogP contribution in [-0.2, 0) is 6.54 Å². The van der Waals surface area contributed by atoms with Crippen LogP contribution in [0.4, 0.5) is 0 Å². The van der Waals surface area contributed by atoms with Crippen LogP contribution in [0.1, 0.15) is 25.8 Å². The summed E-state index contributed by atoms with van der Waals surface area (Å²) in [4.78, 5) is 2.51. The van der Waals surface area contributed by atoms with Crippen molar-refractivity contribution in [2.75, 3.05) is 27.3 Å². The molecule has 0 aromatic heterocycles. The monoisotopic (exact) mass is 278 g/mol. The van der Waals surface area contributed by atoms with E-state index < -0.39 is 0 Å². The predicted molar refractivity (Wildman–Crippen MR) is 81.5 cm³/mol. The lowest BCUT2D eigenvalue weighted by atomic mass is 10.1. The number of rotatable bonds is 6. The molecule has 1 aromatic carbocycles. The van der Waals surface area contributed by atoms with Gasteiger partial charge in [-0.2, -0.15) is 0 Å². The molecule has 2 rings (SSSR count). The fourth-order valence-electron chi connectivity index (χ4n) is 2.77. The molecule has 4 nitrogen and oxygen atoms in total. The van der Waals surface area contributed by atoms with Gasteiger partial charge in [-0.05, 0) is 32.9 Å². The molecule has 1 N–H and O–H groups in total. The Morgan fingerprint density at radius 2 is 2.10 bits per heavy atom. The first-order valence-electron chi connectivity index (χ1n) is 7.33. The molecule has 0 aliphatic carbocycles. The quantitative estimate of drug-likeness (QED) is 0.865. The van der Waals surface area contributed by atoms with Crippen molar-refractivity contribution in [3.8, 4) is 11.5 Å². The summed E-state index contributed by atoms with van der Waals surface area (Å²) in [5, 5.41) is 3.63. The Labute approximate surface area is 122 Å². The number of ether oxygens (including phenoxy) is 2. The van der Waals surface area contributed by atoms with E-state index in [0.29, 0.717) is 12.1 Å². The summed E-state index contributed by atoms with van der Waals surface area (Å²) in [5.74, 6) is 1.63. The zero-order valence-electron chi connectivity index (χ0n) is 13.0. The molecule has 4 heteroatoms. The summed E-state index contributed by atoms with van der Waals surface area (Å²) in [6, 6.07) is 7.22. The maximum atomic E-state index is 5.47. The minimum atomic E-state index is 0.563. The second-order valence-electron chi connectivity index (χ2n) is 5.61. The highest BCUT2D eigenvalue weighted by Gasteiger charge is 2.23. The average Bonchev–Trinajstić information content (AvgIpc) is 2.93. The number of likely N-dealkylation sites (tertiary alicyclic amines) is 1. The van der Waals surface area contributed by atoms with E-state index in [9.17, 15) is 0 Å². The summed E-state index contributed by atoms with van der Waals surface area (Å²) in [7, 11) is 3.37. The Kier molecular flexibility index (Phi) is 5.26. The molecule has 0 bridgehead atoms. The van der Waals surface area contributed by atoms with Crippen molar-refractivity contribution in [3.05, 3.63) is 23.8 Å². The second-order valence-corrected chi connectivity index (χ2v) is 5.61. The number of hydrogen-bond donors (Lipinski definition) is 1. The van der Waals surface area contributed by atoms with Gasteiger partial charge >= 0.3 is 0 Å². The fourth-order valence-corrected chi connectivity index (χ4v) is 2.77. The van der Waals surface area contributed by atoms with Gasteiger partial charge in [0.15, 0.2) is 11.5 Å². The molecule has 112 valence electrons. The van der Waals surface area contributed by atoms with Crippen LogP contribution in [0.5, 0.6) is 11.5 Å². The second kappa shape index (κ2) is 6.95. The normalized spacial score (nSPS) is 19.6. The van der Waals surface area contributed by atoms with Crippen LogP contribution in [0.2, 0.25) is 0 Å². The molecule has 0 radical (unpaired) electrons. The van der Waals surface area contributed by atoms with E-state index in [2.05, 4.69) is 30.1 Å². The number of methoxy groups -OCH3 is 2. The lowest BCUT2D eigenvalue weighted by Gasteiger charge is -2.21. The zero-order chi connectivity index (χ0) is 14.5. The predicted octanol–water partition coefficient (Wildman–Crippen LogP) is 2.28. The van der Waals surface area contributed by atoms with E-state index in [1.165, 1.54) is 13.0 Å². The Hall–Kier alpha value is -1.26. The van der Waals surface area contributed by atoms with Crippen LogP contribution in [0.25, 0.3) is 0 Å². The van der Waals surface area contributed by atoms with Gasteiger partial charge in [0, 0.05) is 30.7 Å². The van der Waals surface area contributed by atoms with E-state index in [4.69, 9.17) is 9.47 Å². The smallest absolute Gasteiger partial charge is 0.165 e. The molecule has 1 heterocycles. The number of nitrogens with one attached hydrogen (secondary N) is 1. The third-order valence-corrected chi connectivity index (χ3v) is 4.02. The van der Waals surface area contributed by atoms with Crippen molar-refractivity contribution in [3.63, 3.8) is 0 Å². The van der Waals surface area contributed by atoms with Gasteiger partial charge in [0.05, 0.1) is 14.2 Å². The van der Waals surface area contributed by atoms with E-state index in [1.54, 1.807) is 14.2 Å². The van der Waals surface area contributed by atoms with Crippen molar-refractivity contribution in [2.24, 2.45) is 0 Å². The van der Waals surface area contributed by atoms with E-state index >= 15 is 0 Å². The van der Waals surface area contributed by atoms with Crippen LogP contribution in [0, 0.1) is 0 Å². The van der Waals surface area contributed by atoms with Crippen molar-refractivity contribution >= 4 is 0 Å². The molecule has 1 aliphatic rings. The average molecular weight is 278 g/mol. The van der Waals surface area contributed by atoms with Crippen LogP contribution < -0.4 is 14.8 Å². The molecule has 20 heavy (non-hydrogen) atoms. The lowest BCUT2D eigenvalue weighted by Crippen LogP contribution is -2.34. The van der Waals surface area contributed by atoms with Gasteiger partial charge in [-0.15, -0.1) is 0 Å². The molecule has 1 aliphatic heterocycles. The van der Waals surface area contributed by atoms with Gasteiger partial charge in [-0.25, -0.2) is 0 Å². The Morgan fingerprint density at radius 1 is 1.30 bits per heavy atom. The van der Waals surface area contributed by atoms with E-state index in [1.807, 2.05) is 12.1 Å². The Morgan fingerprint density at radius 3 is 2.70 bits per heavy atom. The fraction of sp³-hybridized carbons (Fsp3) is 0.625. The highest BCUT2D eigenvalue weighted by Crippen LogP contribution is 2.30. The van der Waals surface area contributed by atoms with E-state index in [0.717, 1.165) is 30.2 Å². The van der Waals surface area contributed by atoms with Crippen LogP contribution in [0.15, 0.2) is 18.2 Å². The highest BCUT2D eigenvalue weighted by molar-refractivity contribution is 5.46. The highest BCUT2D eigenvalue weighted by atomic mass is 16.5. The summed E-state index contributed by atoms with van der Waals surface area (Å²) >= 11 is 0. The van der Waals surface area contributed by atoms with Gasteiger partial charge in [-0.3, -0.25) is 4.90 Å². The molecule has 1 atom stereocenters. The van der Waals surface area contributed by atoms with Crippen molar-refractivity contribution in [2.45, 2.75) is 38.9 Å².